The van der Waals surface area contributed by atoms with Crippen molar-refractivity contribution < 1.29 is 156 Å². The van der Waals surface area contributed by atoms with Gasteiger partial charge in [0.05, 0.1) is 53.5 Å². The van der Waals surface area contributed by atoms with Crippen molar-refractivity contribution in [2.75, 3.05) is 20.2 Å². The van der Waals surface area contributed by atoms with E-state index in [4.69, 9.17) is 84.2 Å². The maximum absolute atomic E-state index is 16.7. The van der Waals surface area contributed by atoms with Crippen molar-refractivity contribution >= 4 is 97.3 Å². The molecule has 7 aromatic rings. The number of aromatic hydroxyl groups is 3. The number of primary amides is 1. The second-order valence-electron chi connectivity index (χ2n) is 35.3. The zero-order valence-corrected chi connectivity index (χ0v) is 77.8. The number of halogens is 3. The summed E-state index contributed by atoms with van der Waals surface area (Å²) in [4.78, 5) is 164. The lowest BCUT2D eigenvalue weighted by Gasteiger charge is -2.48. The number of carboxylic acids is 1. The van der Waals surface area contributed by atoms with E-state index >= 15 is 28.8 Å². The van der Waals surface area contributed by atoms with Gasteiger partial charge in [0.25, 0.3) is 0 Å². The van der Waals surface area contributed by atoms with Crippen molar-refractivity contribution in [2.24, 2.45) is 17.4 Å². The van der Waals surface area contributed by atoms with Gasteiger partial charge in [0.15, 0.2) is 41.6 Å². The number of aliphatic hydroxyl groups excluding tert-OH is 6. The monoisotopic (exact) mass is 1990 g/mol. The van der Waals surface area contributed by atoms with Crippen molar-refractivity contribution in [3.63, 3.8) is 0 Å². The SMILES string of the molecule is CC(C)C[C@H](C(=O)N[C@H]1C(=O)N[C@@H](CC(N)=O)C(=O)N[C@H]2C(=O)N[C@H]3C(=O)N[C@H](C(=O)N[C@H](C(=O)O)c4cc(O)cc(O)c4-c4cc3ccc4O)[C@H](O[C@H]3C[C@](C)(N)[C@@H](O)[C@H](C)O3)c3ccc(c(Cl)c3)Oc3cc2cc(c3O[C@@H]2O[C@H](CO)[C@@H](O)[C@H](O)[C@H]2O[C@H]2C[C@](C)(NCc3ccc(-c4ccc(Cl)cc4)cc3)[C@@H](O)[C@H](C)O2)Oc2ccc(cc2Cl)[C@H]1O)N(C)CCC(P(=O)(O)O)P(=O)(O)O. The zero-order chi connectivity index (χ0) is 99.1. The first kappa shape index (κ1) is 103. The fraction of sp³-hybridized carbons (Fsp3) is 0.438. The van der Waals surface area contributed by atoms with Gasteiger partial charge in [-0.3, -0.25) is 47.6 Å². The van der Waals surface area contributed by atoms with Crippen LogP contribution >= 0.6 is 50.0 Å². The molecule has 7 amide bonds. The molecule has 3 fully saturated rings. The molecule has 136 heavy (non-hydrogen) atoms. The zero-order valence-electron chi connectivity index (χ0n) is 73.7. The summed E-state index contributed by atoms with van der Waals surface area (Å²) >= 11 is 20.9. The second kappa shape index (κ2) is 41.8. The standard InChI is InChI=1S/C89H105Cl3N10O32P2/c1-37(2)24-54(102(7)23-22-65(135(121,122)123)136(124,125)126)81(114)100-70-72(108)44-15-20-57(51(91)26-44)129-59-28-46-29-60(76(59)134-87-77(74(110)73(109)61(36-103)131-87)133-64-34-89(6,79(112)39(4)128-64)95-35-40-8-10-41(11-9-40)42-12-17-47(90)18-13-42)130-58-21-16-45(27-52(58)92)75(132-63-33-88(5,94)78(111)38(3)127-63)71-85(118)99-69(86(119)120)50-30-48(104)31-56(106)66(50)49-25-43(14-19-55(49)105)67(82(115)101-71)98-83(116)68(46)97-80(113)53(32-62(93)107)96-84(70)117/h8-21,25-31,37-39,53-54,61,63-65,67-75,77-79,87,95,103-106,108-112H,22-24,32-36,94H2,1-7H3,(H2,93,107)(H,96,117)(H,97,113)(H,98,116)(H,99,118)(H,100,114)(H,101,115)(H,119,120)(H2,121,122,123)(H2,124,125,126)/t38-,39-,53-,54+,61+,63-,64-,67+,68+,69-,70+,71-,72+,73+,74-,75+,77+,78-,79-,87-,88-,89-/m0/s1. The van der Waals surface area contributed by atoms with Gasteiger partial charge in [-0.05, 0) is 159 Å². The lowest BCUT2D eigenvalue weighted by Crippen LogP contribution is -2.65. The molecule has 0 unspecified atom stereocenters. The number of nitrogens with zero attached hydrogens (tertiary/aromatic N) is 1. The topological polar surface area (TPSA) is 667 Å². The Labute approximate surface area is 791 Å². The van der Waals surface area contributed by atoms with Crippen molar-refractivity contribution in [3.05, 3.63) is 176 Å². The number of ether oxygens (including phenoxy) is 8. The summed E-state index contributed by atoms with van der Waals surface area (Å²) in [6, 6.07) is 12.4. The van der Waals surface area contributed by atoms with E-state index in [0.29, 0.717) is 5.02 Å². The molecule has 734 valence electrons. The Hall–Kier alpha value is -10.3. The molecule has 0 spiro atoms. The van der Waals surface area contributed by atoms with Crippen LogP contribution in [0.2, 0.25) is 15.1 Å². The molecule has 8 aliphatic rings. The first-order valence-corrected chi connectivity index (χ1v) is 47.4. The molecule has 25 N–H and O–H groups in total. The number of phenolic OH excluding ortho intramolecular Hbond substituents is 3. The van der Waals surface area contributed by atoms with Crippen LogP contribution in [0.5, 0.6) is 46.0 Å². The van der Waals surface area contributed by atoms with Gasteiger partial charge in [-0.1, -0.05) is 103 Å². The summed E-state index contributed by atoms with van der Waals surface area (Å²) < 4.78 is 77.8. The summed E-state index contributed by atoms with van der Waals surface area (Å²) in [6.45, 7) is 7.91. The molecule has 0 radical (unpaired) electrons. The molecule has 0 aliphatic carbocycles. The Bertz CT molecular complexity index is 5770. The number of phenols is 3. The first-order valence-electron chi connectivity index (χ1n) is 42.9. The third-order valence-corrected chi connectivity index (χ3v) is 29.3. The number of hydrogen-bond donors (Lipinski definition) is 23. The van der Waals surface area contributed by atoms with Gasteiger partial charge >= 0.3 is 21.2 Å². The highest BCUT2D eigenvalue weighted by Crippen LogP contribution is 2.61. The molecule has 3 saturated heterocycles. The number of carboxylic acid groups (broad SMARTS) is 1. The van der Waals surface area contributed by atoms with Crippen LogP contribution in [0, 0.1) is 5.92 Å². The number of hydrogen-bond acceptors (Lipinski definition) is 30. The second-order valence-corrected chi connectivity index (χ2v) is 40.6. The molecule has 15 rings (SSSR count). The van der Waals surface area contributed by atoms with E-state index in [9.17, 15) is 89.4 Å². The number of carbonyl (C=O) groups is 8. The summed E-state index contributed by atoms with van der Waals surface area (Å²) in [6.07, 6.45) is -25.3. The van der Waals surface area contributed by atoms with Crippen LogP contribution in [0.3, 0.4) is 0 Å². The van der Waals surface area contributed by atoms with Crippen LogP contribution in [-0.2, 0) is 77.7 Å². The number of nitrogens with one attached hydrogen (secondary N) is 7. The summed E-state index contributed by atoms with van der Waals surface area (Å²) in [5, 5.41) is 133. The van der Waals surface area contributed by atoms with Crippen LogP contribution in [-0.4, -0.2) is 251 Å². The minimum Gasteiger partial charge on any atom is -0.508 e. The van der Waals surface area contributed by atoms with E-state index in [1.54, 1.807) is 32.9 Å². The van der Waals surface area contributed by atoms with Gasteiger partial charge in [-0.25, -0.2) is 4.79 Å². The Morgan fingerprint density at radius 1 is 0.640 bits per heavy atom. The number of aliphatic carboxylic acids is 1. The van der Waals surface area contributed by atoms with Gasteiger partial charge < -0.3 is 157 Å². The number of carbonyl (C=O) groups excluding carboxylic acids is 7. The Morgan fingerprint density at radius 2 is 1.21 bits per heavy atom. The minimum atomic E-state index is -5.54. The van der Waals surface area contributed by atoms with E-state index in [2.05, 4.69) is 37.2 Å². The van der Waals surface area contributed by atoms with E-state index in [1.165, 1.54) is 33.9 Å². The van der Waals surface area contributed by atoms with Crippen molar-refractivity contribution in [2.45, 2.75) is 219 Å². The van der Waals surface area contributed by atoms with Crippen LogP contribution in [0.4, 0.5) is 0 Å². The normalized spacial score (nSPS) is 28.6. The Kier molecular flexibility index (Phi) is 31.7. The number of aliphatic hydroxyl groups is 6. The van der Waals surface area contributed by atoms with E-state index in [0.717, 1.165) is 94.4 Å². The van der Waals surface area contributed by atoms with Crippen LogP contribution in [0.1, 0.15) is 137 Å². The molecule has 0 aromatic heterocycles. The number of benzene rings is 7. The highest BCUT2D eigenvalue weighted by atomic mass is 35.5. The van der Waals surface area contributed by atoms with E-state index in [-0.39, 0.29) is 36.9 Å². The molecule has 7 aromatic carbocycles. The molecule has 8 heterocycles. The highest BCUT2D eigenvalue weighted by Gasteiger charge is 2.54. The average Bonchev–Trinajstić information content (AvgIpc) is 0.762. The lowest BCUT2D eigenvalue weighted by atomic mass is 9.84. The highest BCUT2D eigenvalue weighted by molar-refractivity contribution is 7.70. The number of rotatable bonds is 24. The fourth-order valence-corrected chi connectivity index (χ4v) is 20.3. The largest absolute Gasteiger partial charge is 0.508 e. The van der Waals surface area contributed by atoms with Crippen molar-refractivity contribution in [1.82, 2.24) is 42.1 Å². The number of amides is 7. The minimum absolute atomic E-state index is 0.157. The summed E-state index contributed by atoms with van der Waals surface area (Å²) in [5.41, 5.74) is 8.97. The maximum atomic E-state index is 16.7. The van der Waals surface area contributed by atoms with E-state index in [1.807, 2.05) is 36.4 Å². The van der Waals surface area contributed by atoms with Gasteiger partial charge in [-0.2, -0.15) is 0 Å². The molecule has 47 heteroatoms. The molecule has 8 aliphatic heterocycles. The van der Waals surface area contributed by atoms with Crippen LogP contribution < -0.4 is 62.9 Å². The third-order valence-electron chi connectivity index (χ3n) is 24.6. The quantitative estimate of drug-likeness (QED) is 0.0375. The molecule has 42 nitrogen and oxygen atoms in total. The van der Waals surface area contributed by atoms with Gasteiger partial charge in [-0.15, -0.1) is 0 Å². The number of likely N-dealkylation sites (N-methyl/N-ethyl adjacent to an activating group) is 1. The summed E-state index contributed by atoms with van der Waals surface area (Å²) in [7, 11) is -9.83. The average molecular weight is 2000 g/mol. The molecular formula is C89H105Cl3N10O32P2. The lowest BCUT2D eigenvalue weighted by molar-refractivity contribution is -0.334. The smallest absolute Gasteiger partial charge is 0.340 e. The van der Waals surface area contributed by atoms with Crippen LogP contribution in [0.15, 0.2) is 127 Å². The predicted molar refractivity (Wildman–Crippen MR) is 481 cm³/mol. The predicted octanol–water partition coefficient (Wildman–Crippen LogP) is 4.28. The maximum Gasteiger partial charge on any atom is 0.340 e. The third kappa shape index (κ3) is 23.1. The van der Waals surface area contributed by atoms with Gasteiger partial charge in [0.1, 0.15) is 89.5 Å². The molecule has 11 bridgehead atoms. The Balaban J connectivity index is 1.01. The molecule has 0 saturated carbocycles. The van der Waals surface area contributed by atoms with Gasteiger partial charge in [0.2, 0.25) is 53.4 Å². The fourth-order valence-electron chi connectivity index (χ4n) is 17.3. The summed E-state index contributed by atoms with van der Waals surface area (Å²) in [5.74, 6) is -18.0. The van der Waals surface area contributed by atoms with Crippen LogP contribution in [0.25, 0.3) is 22.3 Å². The Morgan fingerprint density at radius 3 is 1.80 bits per heavy atom. The number of fused-ring (bicyclic) bond motifs is 15. The molecule has 22 atom stereocenters. The first-order chi connectivity index (χ1) is 63.9. The number of nitrogens with two attached hydrogens (primary N) is 2. The van der Waals surface area contributed by atoms with Crippen molar-refractivity contribution in [1.29, 1.82) is 0 Å². The van der Waals surface area contributed by atoms with E-state index < -0.39 is 317 Å². The van der Waals surface area contributed by atoms with Crippen molar-refractivity contribution in [3.8, 4) is 68.2 Å². The van der Waals surface area contributed by atoms with Gasteiger partial charge in [0, 0.05) is 64.8 Å². The molecular weight excluding hydrogens is 1890 g/mol.